The van der Waals surface area contributed by atoms with Crippen LogP contribution in [0.2, 0.25) is 0 Å². The molecule has 174 valence electrons. The number of fused-ring (bicyclic) bond motifs is 3. The Morgan fingerprint density at radius 2 is 1.97 bits per heavy atom. The highest BCUT2D eigenvalue weighted by molar-refractivity contribution is 5.93. The highest BCUT2D eigenvalue weighted by atomic mass is 16.6. The van der Waals surface area contributed by atoms with Crippen LogP contribution >= 0.6 is 0 Å². The Morgan fingerprint density at radius 3 is 2.56 bits per heavy atom. The number of nitrogens with zero attached hydrogens (tertiary/aromatic N) is 3. The van der Waals surface area contributed by atoms with Gasteiger partial charge >= 0.3 is 17.9 Å². The number of rotatable bonds is 3. The summed E-state index contributed by atoms with van der Waals surface area (Å²) in [5, 5.41) is 8.04. The first-order chi connectivity index (χ1) is 15.0. The van der Waals surface area contributed by atoms with Gasteiger partial charge in [0.25, 0.3) is 0 Å². The van der Waals surface area contributed by atoms with E-state index in [2.05, 4.69) is 10.3 Å². The number of hydrogen-bond acceptors (Lipinski definition) is 9. The van der Waals surface area contributed by atoms with Gasteiger partial charge in [-0.3, -0.25) is 23.9 Å². The van der Waals surface area contributed by atoms with Crippen LogP contribution in [0.15, 0.2) is 6.20 Å². The molecule has 2 aliphatic carbocycles. The minimum absolute atomic E-state index is 0.0802. The number of carbonyl (C=O) groups excluding carboxylic acids is 4. The van der Waals surface area contributed by atoms with Gasteiger partial charge in [-0.05, 0) is 30.1 Å². The molecule has 1 saturated heterocycles. The molecule has 10 heteroatoms. The van der Waals surface area contributed by atoms with E-state index in [0.717, 1.165) is 0 Å². The molecule has 1 aromatic rings. The van der Waals surface area contributed by atoms with Crippen LogP contribution in [0.1, 0.15) is 58.3 Å². The van der Waals surface area contributed by atoms with Gasteiger partial charge in [0.15, 0.2) is 11.9 Å². The van der Waals surface area contributed by atoms with Crippen LogP contribution in [0, 0.1) is 28.6 Å². The van der Waals surface area contributed by atoms with E-state index in [-0.39, 0.29) is 18.2 Å². The Bertz CT molecular complexity index is 974. The van der Waals surface area contributed by atoms with Gasteiger partial charge in [-0.15, -0.1) is 5.10 Å². The number of methoxy groups -OCH3 is 1. The van der Waals surface area contributed by atoms with Gasteiger partial charge < -0.3 is 14.2 Å². The van der Waals surface area contributed by atoms with Crippen molar-refractivity contribution in [2.45, 2.75) is 58.7 Å². The van der Waals surface area contributed by atoms with Crippen molar-refractivity contribution in [3.05, 3.63) is 11.9 Å². The zero-order valence-corrected chi connectivity index (χ0v) is 19.0. The highest BCUT2D eigenvalue weighted by Gasteiger charge is 2.67. The number of ether oxygens (including phenoxy) is 3. The molecule has 10 nitrogen and oxygen atoms in total. The monoisotopic (exact) mass is 447 g/mol. The van der Waals surface area contributed by atoms with E-state index in [1.807, 2.05) is 13.8 Å². The molecule has 0 amide bonds. The summed E-state index contributed by atoms with van der Waals surface area (Å²) in [7, 11) is 3.03. The Kier molecular flexibility index (Phi) is 5.37. The van der Waals surface area contributed by atoms with E-state index in [4.69, 9.17) is 14.2 Å². The predicted octanol–water partition coefficient (Wildman–Crippen LogP) is 1.54. The third kappa shape index (κ3) is 3.31. The Balaban J connectivity index is 1.79. The number of hydrogen-bond donors (Lipinski definition) is 0. The maximum atomic E-state index is 13.8. The lowest BCUT2D eigenvalue weighted by molar-refractivity contribution is -0.210. The average Bonchev–Trinajstić information content (AvgIpc) is 3.14. The molecule has 32 heavy (non-hydrogen) atoms. The van der Waals surface area contributed by atoms with Gasteiger partial charge in [-0.25, -0.2) is 0 Å². The molecular formula is C22H29N3O7. The molecule has 1 aromatic heterocycles. The number of aromatic nitrogens is 3. The van der Waals surface area contributed by atoms with Crippen LogP contribution in [-0.4, -0.2) is 51.9 Å². The van der Waals surface area contributed by atoms with Crippen LogP contribution in [0.25, 0.3) is 0 Å². The zero-order valence-electron chi connectivity index (χ0n) is 19.0. The Labute approximate surface area is 185 Å². The van der Waals surface area contributed by atoms with Gasteiger partial charge in [0, 0.05) is 26.3 Å². The summed E-state index contributed by atoms with van der Waals surface area (Å²) in [5.74, 6) is -3.49. The lowest BCUT2D eigenvalue weighted by atomic mass is 9.43. The van der Waals surface area contributed by atoms with Crippen molar-refractivity contribution < 1.29 is 33.4 Å². The lowest BCUT2D eigenvalue weighted by Gasteiger charge is -2.60. The van der Waals surface area contributed by atoms with Gasteiger partial charge in [0.05, 0.1) is 25.1 Å². The van der Waals surface area contributed by atoms with Crippen LogP contribution < -0.4 is 0 Å². The molecule has 0 bridgehead atoms. The number of carbonyl (C=O) groups is 4. The van der Waals surface area contributed by atoms with Crippen molar-refractivity contribution >= 4 is 23.7 Å². The van der Waals surface area contributed by atoms with E-state index < -0.39 is 52.7 Å². The molecule has 3 aliphatic rings. The fourth-order valence-corrected chi connectivity index (χ4v) is 6.50. The van der Waals surface area contributed by atoms with Crippen LogP contribution in [0.4, 0.5) is 0 Å². The molecule has 0 aromatic carbocycles. The summed E-state index contributed by atoms with van der Waals surface area (Å²) >= 11 is 0. The zero-order chi connectivity index (χ0) is 23.4. The topological polar surface area (TPSA) is 127 Å². The third-order valence-corrected chi connectivity index (χ3v) is 7.85. The first kappa shape index (κ1) is 22.4. The maximum absolute atomic E-state index is 13.8. The second kappa shape index (κ2) is 7.67. The summed E-state index contributed by atoms with van der Waals surface area (Å²) in [5.41, 5.74) is -1.04. The molecular weight excluding hydrogens is 418 g/mol. The van der Waals surface area contributed by atoms with Crippen LogP contribution in [-0.2, 0) is 40.4 Å². The fourth-order valence-electron chi connectivity index (χ4n) is 6.50. The second-order valence-corrected chi connectivity index (χ2v) is 9.79. The smallest absolute Gasteiger partial charge is 0.310 e. The van der Waals surface area contributed by atoms with Crippen molar-refractivity contribution in [3.8, 4) is 0 Å². The summed E-state index contributed by atoms with van der Waals surface area (Å²) < 4.78 is 17.7. The molecule has 2 saturated carbocycles. The van der Waals surface area contributed by atoms with Crippen molar-refractivity contribution in [1.82, 2.24) is 15.0 Å². The van der Waals surface area contributed by atoms with Crippen molar-refractivity contribution in [3.63, 3.8) is 0 Å². The molecule has 2 heterocycles. The van der Waals surface area contributed by atoms with Crippen molar-refractivity contribution in [2.75, 3.05) is 7.11 Å². The van der Waals surface area contributed by atoms with Gasteiger partial charge in [-0.2, -0.15) is 0 Å². The summed E-state index contributed by atoms with van der Waals surface area (Å²) in [6.07, 6.45) is 1.39. The summed E-state index contributed by atoms with van der Waals surface area (Å²) in [4.78, 5) is 51.3. The van der Waals surface area contributed by atoms with E-state index in [1.54, 1.807) is 13.2 Å². The van der Waals surface area contributed by atoms with E-state index in [0.29, 0.717) is 25.0 Å². The SMILES string of the molecule is COC(=O)[C@@H]1C[C@H](OC(C)=O)C(=O)C2[C@@]1(C)CC[C@H]1C(=O)O[C@H](c3cn(C)nn3)C[C@]21C. The largest absolute Gasteiger partial charge is 0.469 e. The average molecular weight is 447 g/mol. The molecule has 1 unspecified atom stereocenters. The molecule has 3 fully saturated rings. The quantitative estimate of drug-likeness (QED) is 0.501. The molecule has 0 N–H and O–H groups in total. The third-order valence-electron chi connectivity index (χ3n) is 7.85. The number of Topliss-reactive ketones (excluding diaryl/α,β-unsaturated/α-hetero) is 1. The minimum Gasteiger partial charge on any atom is -0.469 e. The number of aryl methyl sites for hydroxylation is 1. The number of esters is 3. The standard InChI is InChI=1S/C22H29N3O7/c1-11(26)31-15-8-13(19(28)30-5)21(2)7-6-12-20(29)32-16(14-10-25(4)24-23-14)9-22(12,3)18(21)17(15)27/h10,12-13,15-16,18H,6-9H2,1-5H3/t12-,13-,15-,16-,18?,21-,22-/m0/s1. The lowest BCUT2D eigenvalue weighted by Crippen LogP contribution is -2.64. The Hall–Kier alpha value is -2.78. The van der Waals surface area contributed by atoms with Crippen molar-refractivity contribution in [1.29, 1.82) is 0 Å². The van der Waals surface area contributed by atoms with Crippen LogP contribution in [0.5, 0.6) is 0 Å². The second-order valence-electron chi connectivity index (χ2n) is 9.79. The summed E-state index contributed by atoms with van der Waals surface area (Å²) in [6, 6.07) is 0. The minimum atomic E-state index is -1.06. The van der Waals surface area contributed by atoms with Gasteiger partial charge in [-0.1, -0.05) is 19.1 Å². The van der Waals surface area contributed by atoms with Gasteiger partial charge in [0.1, 0.15) is 11.8 Å². The molecule has 0 spiro atoms. The maximum Gasteiger partial charge on any atom is 0.310 e. The Morgan fingerprint density at radius 1 is 1.25 bits per heavy atom. The normalized spacial score (nSPS) is 38.8. The number of cyclic esters (lactones) is 1. The molecule has 0 radical (unpaired) electrons. The van der Waals surface area contributed by atoms with Gasteiger partial charge in [0.2, 0.25) is 0 Å². The predicted molar refractivity (Wildman–Crippen MR) is 108 cm³/mol. The highest BCUT2D eigenvalue weighted by Crippen LogP contribution is 2.65. The van der Waals surface area contributed by atoms with E-state index in [1.165, 1.54) is 18.7 Å². The molecule has 1 aliphatic heterocycles. The first-order valence-corrected chi connectivity index (χ1v) is 10.9. The molecule has 7 atom stereocenters. The molecule has 4 rings (SSSR count). The fraction of sp³-hybridized carbons (Fsp3) is 0.727. The van der Waals surface area contributed by atoms with Crippen LogP contribution in [0.3, 0.4) is 0 Å². The number of ketones is 1. The summed E-state index contributed by atoms with van der Waals surface area (Å²) in [6.45, 7) is 5.06. The van der Waals surface area contributed by atoms with E-state index >= 15 is 0 Å². The first-order valence-electron chi connectivity index (χ1n) is 10.9. The van der Waals surface area contributed by atoms with Crippen molar-refractivity contribution in [2.24, 2.45) is 35.6 Å². The van der Waals surface area contributed by atoms with E-state index in [9.17, 15) is 19.2 Å².